The lowest BCUT2D eigenvalue weighted by Crippen LogP contribution is -2.36. The fourth-order valence-electron chi connectivity index (χ4n) is 2.35. The van der Waals surface area contributed by atoms with Gasteiger partial charge in [0.15, 0.2) is 11.6 Å². The Kier molecular flexibility index (Phi) is 3.77. The normalized spacial score (nSPS) is 16.7. The SMILES string of the molecule is Cc1nc2n(n1)C[C@H](CC(=O)Nc1ccc(F)c(F)c1)C(=O)N2. The van der Waals surface area contributed by atoms with E-state index in [9.17, 15) is 18.4 Å². The van der Waals surface area contributed by atoms with Crippen LogP contribution in [0.4, 0.5) is 20.4 Å². The van der Waals surface area contributed by atoms with Gasteiger partial charge in [-0.1, -0.05) is 0 Å². The van der Waals surface area contributed by atoms with Gasteiger partial charge in [-0.05, 0) is 19.1 Å². The average Bonchev–Trinajstić information content (AvgIpc) is 2.82. The summed E-state index contributed by atoms with van der Waals surface area (Å²) in [6.07, 6.45) is -0.108. The standard InChI is InChI=1S/C14H13F2N5O2/c1-7-17-14-19-13(23)8(6-21(14)20-7)4-12(22)18-9-2-3-10(15)11(16)5-9/h2-3,5,8H,4,6H2,1H3,(H,18,22)(H,17,19,20,23)/t8-/m0/s1. The van der Waals surface area contributed by atoms with Crippen LogP contribution in [0.2, 0.25) is 0 Å². The molecule has 120 valence electrons. The second-order valence-electron chi connectivity index (χ2n) is 5.23. The first-order valence-electron chi connectivity index (χ1n) is 6.89. The Labute approximate surface area is 129 Å². The van der Waals surface area contributed by atoms with Gasteiger partial charge in [0.2, 0.25) is 17.8 Å². The molecule has 7 nitrogen and oxygen atoms in total. The Balaban J connectivity index is 1.66. The number of carbonyl (C=O) groups is 2. The van der Waals surface area contributed by atoms with Gasteiger partial charge < -0.3 is 5.32 Å². The van der Waals surface area contributed by atoms with Crippen LogP contribution in [0.1, 0.15) is 12.2 Å². The van der Waals surface area contributed by atoms with Crippen molar-refractivity contribution >= 4 is 23.5 Å². The first-order valence-corrected chi connectivity index (χ1v) is 6.89. The topological polar surface area (TPSA) is 88.9 Å². The van der Waals surface area contributed by atoms with E-state index in [1.807, 2.05) is 0 Å². The molecule has 0 bridgehead atoms. The molecule has 1 aliphatic heterocycles. The Morgan fingerprint density at radius 2 is 2.22 bits per heavy atom. The van der Waals surface area contributed by atoms with Gasteiger partial charge in [0, 0.05) is 18.2 Å². The molecular formula is C14H13F2N5O2. The second kappa shape index (κ2) is 5.75. The summed E-state index contributed by atoms with van der Waals surface area (Å²) >= 11 is 0. The van der Waals surface area contributed by atoms with Crippen molar-refractivity contribution in [2.24, 2.45) is 5.92 Å². The number of hydrogen-bond acceptors (Lipinski definition) is 4. The fraction of sp³-hybridized carbons (Fsp3) is 0.286. The fourth-order valence-corrected chi connectivity index (χ4v) is 2.35. The third-order valence-corrected chi connectivity index (χ3v) is 3.41. The molecule has 1 aromatic carbocycles. The molecule has 2 heterocycles. The number of aromatic nitrogens is 3. The van der Waals surface area contributed by atoms with Crippen LogP contribution in [-0.2, 0) is 16.1 Å². The summed E-state index contributed by atoms with van der Waals surface area (Å²) in [6.45, 7) is 1.93. The minimum Gasteiger partial charge on any atom is -0.326 e. The molecular weight excluding hydrogens is 308 g/mol. The molecule has 1 aromatic heterocycles. The summed E-state index contributed by atoms with van der Waals surface area (Å²) in [5, 5.41) is 9.13. The quantitative estimate of drug-likeness (QED) is 0.896. The highest BCUT2D eigenvalue weighted by molar-refractivity contribution is 5.98. The van der Waals surface area contributed by atoms with Crippen LogP contribution in [0.15, 0.2) is 18.2 Å². The Bertz CT molecular complexity index is 789. The van der Waals surface area contributed by atoms with Crippen molar-refractivity contribution in [3.05, 3.63) is 35.7 Å². The van der Waals surface area contributed by atoms with E-state index >= 15 is 0 Å². The lowest BCUT2D eigenvalue weighted by Gasteiger charge is -2.21. The summed E-state index contributed by atoms with van der Waals surface area (Å²) in [6, 6.07) is 3.05. The first kappa shape index (κ1) is 15.1. The molecule has 0 saturated heterocycles. The minimum absolute atomic E-state index is 0.108. The predicted molar refractivity (Wildman–Crippen MR) is 76.5 cm³/mol. The van der Waals surface area contributed by atoms with Gasteiger partial charge in [0.05, 0.1) is 12.5 Å². The van der Waals surface area contributed by atoms with E-state index in [-0.39, 0.29) is 24.6 Å². The number of aryl methyl sites for hydroxylation is 1. The van der Waals surface area contributed by atoms with Crippen LogP contribution in [0, 0.1) is 24.5 Å². The van der Waals surface area contributed by atoms with E-state index in [1.165, 1.54) is 10.7 Å². The number of nitrogens with zero attached hydrogens (tertiary/aromatic N) is 3. The highest BCUT2D eigenvalue weighted by atomic mass is 19.2. The van der Waals surface area contributed by atoms with Crippen LogP contribution >= 0.6 is 0 Å². The van der Waals surface area contributed by atoms with Gasteiger partial charge in [0.25, 0.3) is 0 Å². The van der Waals surface area contributed by atoms with E-state index in [0.29, 0.717) is 11.8 Å². The third-order valence-electron chi connectivity index (χ3n) is 3.41. The van der Waals surface area contributed by atoms with Crippen molar-refractivity contribution in [3.8, 4) is 0 Å². The molecule has 0 spiro atoms. The molecule has 0 saturated carbocycles. The zero-order chi connectivity index (χ0) is 16.6. The Hall–Kier alpha value is -2.84. The van der Waals surface area contributed by atoms with Gasteiger partial charge in [-0.15, -0.1) is 0 Å². The number of amides is 2. The molecule has 0 aliphatic carbocycles. The van der Waals surface area contributed by atoms with Crippen LogP contribution < -0.4 is 10.6 Å². The summed E-state index contributed by atoms with van der Waals surface area (Å²) in [5.41, 5.74) is 0.127. The molecule has 2 aromatic rings. The maximum atomic E-state index is 13.1. The van der Waals surface area contributed by atoms with Crippen molar-refractivity contribution in [2.75, 3.05) is 10.6 Å². The van der Waals surface area contributed by atoms with Gasteiger partial charge in [-0.3, -0.25) is 14.9 Å². The summed E-state index contributed by atoms with van der Waals surface area (Å²) in [4.78, 5) is 28.0. The smallest absolute Gasteiger partial charge is 0.232 e. The summed E-state index contributed by atoms with van der Waals surface area (Å²) in [7, 11) is 0. The molecule has 1 aliphatic rings. The monoisotopic (exact) mass is 321 g/mol. The maximum absolute atomic E-state index is 13.1. The molecule has 0 fully saturated rings. The van der Waals surface area contributed by atoms with Crippen molar-refractivity contribution in [1.82, 2.24) is 14.8 Å². The second-order valence-corrected chi connectivity index (χ2v) is 5.23. The zero-order valence-electron chi connectivity index (χ0n) is 12.1. The highest BCUT2D eigenvalue weighted by Gasteiger charge is 2.30. The van der Waals surface area contributed by atoms with Crippen molar-refractivity contribution in [2.45, 2.75) is 19.9 Å². The number of fused-ring (bicyclic) bond motifs is 1. The summed E-state index contributed by atoms with van der Waals surface area (Å²) < 4.78 is 27.5. The molecule has 0 unspecified atom stereocenters. The summed E-state index contributed by atoms with van der Waals surface area (Å²) in [5.74, 6) is -2.60. The average molecular weight is 321 g/mol. The largest absolute Gasteiger partial charge is 0.326 e. The number of anilines is 2. The number of benzene rings is 1. The molecule has 0 radical (unpaired) electrons. The Morgan fingerprint density at radius 1 is 1.43 bits per heavy atom. The van der Waals surface area contributed by atoms with Crippen LogP contribution in [0.3, 0.4) is 0 Å². The predicted octanol–water partition coefficient (Wildman–Crippen LogP) is 1.46. The molecule has 23 heavy (non-hydrogen) atoms. The molecule has 9 heteroatoms. The van der Waals surface area contributed by atoms with Gasteiger partial charge in [-0.2, -0.15) is 10.1 Å². The third kappa shape index (κ3) is 3.17. The van der Waals surface area contributed by atoms with Crippen molar-refractivity contribution in [1.29, 1.82) is 0 Å². The molecule has 1 atom stereocenters. The van der Waals surface area contributed by atoms with E-state index in [0.717, 1.165) is 12.1 Å². The van der Waals surface area contributed by atoms with Gasteiger partial charge in [0.1, 0.15) is 5.82 Å². The number of halogens is 2. The lowest BCUT2D eigenvalue weighted by molar-refractivity contribution is -0.125. The molecule has 2 amide bonds. The van der Waals surface area contributed by atoms with E-state index in [4.69, 9.17) is 0 Å². The maximum Gasteiger partial charge on any atom is 0.232 e. The van der Waals surface area contributed by atoms with Crippen LogP contribution in [0.25, 0.3) is 0 Å². The Morgan fingerprint density at radius 3 is 2.96 bits per heavy atom. The van der Waals surface area contributed by atoms with E-state index in [2.05, 4.69) is 20.7 Å². The zero-order valence-corrected chi connectivity index (χ0v) is 12.1. The molecule has 3 rings (SSSR count). The van der Waals surface area contributed by atoms with Crippen LogP contribution in [-0.4, -0.2) is 26.6 Å². The first-order chi connectivity index (χ1) is 10.9. The van der Waals surface area contributed by atoms with Crippen molar-refractivity contribution in [3.63, 3.8) is 0 Å². The van der Waals surface area contributed by atoms with Crippen LogP contribution in [0.5, 0.6) is 0 Å². The highest BCUT2D eigenvalue weighted by Crippen LogP contribution is 2.20. The number of carbonyl (C=O) groups excluding carboxylic acids is 2. The van der Waals surface area contributed by atoms with E-state index < -0.39 is 23.5 Å². The minimum atomic E-state index is -1.05. The van der Waals surface area contributed by atoms with Gasteiger partial charge >= 0.3 is 0 Å². The van der Waals surface area contributed by atoms with Gasteiger partial charge in [-0.25, -0.2) is 13.5 Å². The number of hydrogen-bond donors (Lipinski definition) is 2. The number of rotatable bonds is 3. The number of nitrogens with one attached hydrogen (secondary N) is 2. The molecule has 2 N–H and O–H groups in total. The van der Waals surface area contributed by atoms with E-state index in [1.54, 1.807) is 6.92 Å². The lowest BCUT2D eigenvalue weighted by atomic mass is 10.0. The van der Waals surface area contributed by atoms with Crippen molar-refractivity contribution < 1.29 is 18.4 Å².